The van der Waals surface area contributed by atoms with Gasteiger partial charge in [-0.3, -0.25) is 0 Å². The molecule has 2 aromatic heterocycles. The number of rotatable bonds is 8. The van der Waals surface area contributed by atoms with Crippen LogP contribution in [-0.2, 0) is 0 Å². The molecule has 0 amide bonds. The van der Waals surface area contributed by atoms with Crippen molar-refractivity contribution in [1.29, 1.82) is 0 Å². The quantitative estimate of drug-likeness (QED) is 0.153. The number of benzene rings is 10. The Morgan fingerprint density at radius 3 is 1.45 bits per heavy atom. The number of aromatic nitrogens is 3. The van der Waals surface area contributed by atoms with Gasteiger partial charge in [-0.15, -0.1) is 0 Å². The molecular formula is C61H39N3O. The van der Waals surface area contributed by atoms with Crippen molar-refractivity contribution in [3.63, 3.8) is 0 Å². The van der Waals surface area contributed by atoms with Gasteiger partial charge < -0.3 is 4.42 Å². The maximum atomic E-state index is 6.93. The highest BCUT2D eigenvalue weighted by atomic mass is 16.3. The van der Waals surface area contributed by atoms with Gasteiger partial charge in [0.1, 0.15) is 11.2 Å². The molecule has 0 aliphatic carbocycles. The van der Waals surface area contributed by atoms with Crippen molar-refractivity contribution in [2.24, 2.45) is 0 Å². The Labute approximate surface area is 376 Å². The third-order valence-corrected chi connectivity index (χ3v) is 12.4. The molecule has 0 aliphatic heterocycles. The average Bonchev–Trinajstić information content (AvgIpc) is 3.79. The minimum Gasteiger partial charge on any atom is -0.455 e. The van der Waals surface area contributed by atoms with E-state index in [-0.39, 0.29) is 0 Å². The number of hydrogen-bond donors (Lipinski definition) is 0. The summed E-state index contributed by atoms with van der Waals surface area (Å²) in [6, 6.07) is 82.8. The third kappa shape index (κ3) is 7.04. The smallest absolute Gasteiger partial charge is 0.164 e. The Morgan fingerprint density at radius 2 is 0.754 bits per heavy atom. The Kier molecular flexibility index (Phi) is 9.46. The topological polar surface area (TPSA) is 51.8 Å². The fraction of sp³-hybridized carbons (Fsp3) is 0. The maximum Gasteiger partial charge on any atom is 0.164 e. The zero-order valence-electron chi connectivity index (χ0n) is 35.3. The van der Waals surface area contributed by atoms with Crippen molar-refractivity contribution in [2.45, 2.75) is 0 Å². The molecule has 0 N–H and O–H groups in total. The second-order valence-corrected chi connectivity index (χ2v) is 16.3. The molecule has 0 radical (unpaired) electrons. The Morgan fingerprint density at radius 1 is 0.262 bits per heavy atom. The number of hydrogen-bond acceptors (Lipinski definition) is 4. The van der Waals surface area contributed by atoms with E-state index in [0.29, 0.717) is 17.5 Å². The Hall–Kier alpha value is -8.73. The molecule has 0 atom stereocenters. The summed E-state index contributed by atoms with van der Waals surface area (Å²) >= 11 is 0. The van der Waals surface area contributed by atoms with Crippen LogP contribution in [0.25, 0.3) is 123 Å². The lowest BCUT2D eigenvalue weighted by molar-refractivity contribution is 0.670. The molecule has 0 unspecified atom stereocenters. The van der Waals surface area contributed by atoms with Gasteiger partial charge in [0.15, 0.2) is 17.5 Å². The van der Waals surface area contributed by atoms with Crippen molar-refractivity contribution in [3.8, 4) is 89.8 Å². The van der Waals surface area contributed by atoms with Gasteiger partial charge >= 0.3 is 0 Å². The second-order valence-electron chi connectivity index (χ2n) is 16.3. The maximum absolute atomic E-state index is 6.93. The van der Waals surface area contributed by atoms with Crippen LogP contribution in [0, 0.1) is 0 Å². The van der Waals surface area contributed by atoms with Crippen LogP contribution in [0.15, 0.2) is 241 Å². The summed E-state index contributed by atoms with van der Waals surface area (Å²) in [4.78, 5) is 15.9. The van der Waals surface area contributed by atoms with Crippen molar-refractivity contribution >= 4 is 32.7 Å². The molecule has 12 rings (SSSR count). The largest absolute Gasteiger partial charge is 0.455 e. The molecule has 304 valence electrons. The normalized spacial score (nSPS) is 11.4. The van der Waals surface area contributed by atoms with Gasteiger partial charge in [0, 0.05) is 33.0 Å². The standard InChI is InChI=1S/C61H39N3O/c1-5-16-40(17-6-1)43-30-33-46(34-31-43)59-62-60(51-26-13-24-45-32-35-47(39-55(45)51)41-18-7-2-8-19-41)64-61(63-59)53-28-15-29-56-57(53)52-27-14-25-50(58(52)65-56)49-37-36-48(42-20-9-3-10-21-42)38-54(49)44-22-11-4-12-23-44/h1-39H. The van der Waals surface area contributed by atoms with Crippen LogP contribution in [0.3, 0.4) is 0 Å². The zero-order valence-corrected chi connectivity index (χ0v) is 35.3. The van der Waals surface area contributed by atoms with Gasteiger partial charge in [-0.2, -0.15) is 0 Å². The molecule has 0 spiro atoms. The molecule has 0 bridgehead atoms. The summed E-state index contributed by atoms with van der Waals surface area (Å²) in [5.41, 5.74) is 15.6. The first-order valence-electron chi connectivity index (χ1n) is 21.9. The number of para-hydroxylation sites is 1. The van der Waals surface area contributed by atoms with Gasteiger partial charge in [-0.05, 0) is 79.0 Å². The summed E-state index contributed by atoms with van der Waals surface area (Å²) < 4.78 is 6.93. The van der Waals surface area contributed by atoms with E-state index in [9.17, 15) is 0 Å². The molecule has 12 aromatic rings. The highest BCUT2D eigenvalue weighted by molar-refractivity contribution is 6.15. The molecule has 0 aliphatic rings. The van der Waals surface area contributed by atoms with E-state index in [0.717, 1.165) is 99.5 Å². The van der Waals surface area contributed by atoms with Crippen LogP contribution >= 0.6 is 0 Å². The van der Waals surface area contributed by atoms with Crippen molar-refractivity contribution in [2.75, 3.05) is 0 Å². The molecule has 0 fully saturated rings. The predicted octanol–water partition coefficient (Wildman–Crippen LogP) is 16.3. The molecule has 65 heavy (non-hydrogen) atoms. The van der Waals surface area contributed by atoms with Crippen LogP contribution in [0.4, 0.5) is 0 Å². The highest BCUT2D eigenvalue weighted by Crippen LogP contribution is 2.44. The lowest BCUT2D eigenvalue weighted by Crippen LogP contribution is -2.01. The van der Waals surface area contributed by atoms with E-state index in [1.165, 1.54) is 5.56 Å². The average molecular weight is 830 g/mol. The van der Waals surface area contributed by atoms with Gasteiger partial charge in [0.2, 0.25) is 0 Å². The molecule has 0 saturated heterocycles. The minimum atomic E-state index is 0.573. The SMILES string of the molecule is c1ccc(-c2ccc(-c3nc(-c4cccc5ccc(-c6ccccc6)cc45)nc(-c4cccc5oc6c(-c7ccc(-c8ccccc8)cc7-c7ccccc7)cccc6c45)n3)cc2)cc1. The van der Waals surface area contributed by atoms with Crippen molar-refractivity contribution < 1.29 is 4.42 Å². The van der Waals surface area contributed by atoms with Crippen LogP contribution < -0.4 is 0 Å². The Balaban J connectivity index is 1.05. The summed E-state index contributed by atoms with van der Waals surface area (Å²) in [6.45, 7) is 0. The van der Waals surface area contributed by atoms with Crippen LogP contribution in [0.1, 0.15) is 0 Å². The third-order valence-electron chi connectivity index (χ3n) is 12.4. The van der Waals surface area contributed by atoms with E-state index < -0.39 is 0 Å². The second kappa shape index (κ2) is 16.2. The van der Waals surface area contributed by atoms with E-state index in [4.69, 9.17) is 19.4 Å². The first kappa shape index (κ1) is 38.0. The zero-order chi connectivity index (χ0) is 43.1. The molecule has 4 nitrogen and oxygen atoms in total. The monoisotopic (exact) mass is 829 g/mol. The molecule has 10 aromatic carbocycles. The summed E-state index contributed by atoms with van der Waals surface area (Å²) in [6.07, 6.45) is 0. The molecule has 4 heteroatoms. The number of furan rings is 1. The minimum absolute atomic E-state index is 0.573. The van der Waals surface area contributed by atoms with Crippen molar-refractivity contribution in [3.05, 3.63) is 237 Å². The fourth-order valence-electron chi connectivity index (χ4n) is 9.16. The van der Waals surface area contributed by atoms with Gasteiger partial charge in [-0.25, -0.2) is 15.0 Å². The summed E-state index contributed by atoms with van der Waals surface area (Å²) in [5, 5.41) is 4.13. The molecular weight excluding hydrogens is 791 g/mol. The molecule has 0 saturated carbocycles. The predicted molar refractivity (Wildman–Crippen MR) is 268 cm³/mol. The van der Waals surface area contributed by atoms with Crippen molar-refractivity contribution in [1.82, 2.24) is 15.0 Å². The van der Waals surface area contributed by atoms with E-state index in [2.05, 4.69) is 212 Å². The van der Waals surface area contributed by atoms with Gasteiger partial charge in [0.05, 0.1) is 0 Å². The number of fused-ring (bicyclic) bond motifs is 4. The first-order valence-corrected chi connectivity index (χ1v) is 21.9. The van der Waals surface area contributed by atoms with Crippen LogP contribution in [0.5, 0.6) is 0 Å². The molecule has 2 heterocycles. The van der Waals surface area contributed by atoms with E-state index in [1.807, 2.05) is 24.3 Å². The van der Waals surface area contributed by atoms with Crippen LogP contribution in [-0.4, -0.2) is 15.0 Å². The van der Waals surface area contributed by atoms with Gasteiger partial charge in [0.25, 0.3) is 0 Å². The van der Waals surface area contributed by atoms with E-state index in [1.54, 1.807) is 0 Å². The lowest BCUT2D eigenvalue weighted by Gasteiger charge is -2.14. The summed E-state index contributed by atoms with van der Waals surface area (Å²) in [7, 11) is 0. The summed E-state index contributed by atoms with van der Waals surface area (Å²) in [5.74, 6) is 1.77. The van der Waals surface area contributed by atoms with E-state index >= 15 is 0 Å². The number of nitrogens with zero attached hydrogens (tertiary/aromatic N) is 3. The lowest BCUT2D eigenvalue weighted by atomic mass is 9.90. The fourth-order valence-corrected chi connectivity index (χ4v) is 9.16. The Bertz CT molecular complexity index is 3680. The highest BCUT2D eigenvalue weighted by Gasteiger charge is 2.22. The van der Waals surface area contributed by atoms with Crippen LogP contribution in [0.2, 0.25) is 0 Å². The van der Waals surface area contributed by atoms with Gasteiger partial charge in [-0.1, -0.05) is 218 Å². The first-order chi connectivity index (χ1) is 32.2.